The number of carboxylic acids is 1. The normalized spacial score (nSPS) is 15.1. The van der Waals surface area contributed by atoms with Crippen LogP contribution in [0.5, 0.6) is 0 Å². The second-order valence-electron chi connectivity index (χ2n) is 7.86. The SMILES string of the molecule is O=C(O)c1ccc(-c2ccc(NC(=O)[C@H]3CCCN3C(=O)Nc3ccc(Cl)c(Cl)c3)cc2)cc1. The number of anilines is 2. The first kappa shape index (κ1) is 23.6. The lowest BCUT2D eigenvalue weighted by Gasteiger charge is -2.24. The highest BCUT2D eigenvalue weighted by Gasteiger charge is 2.34. The van der Waals surface area contributed by atoms with Crippen LogP contribution in [0.4, 0.5) is 16.2 Å². The summed E-state index contributed by atoms with van der Waals surface area (Å²) in [5, 5.41) is 15.4. The highest BCUT2D eigenvalue weighted by Crippen LogP contribution is 2.27. The smallest absolute Gasteiger partial charge is 0.335 e. The van der Waals surface area contributed by atoms with Crippen molar-refractivity contribution in [3.8, 4) is 11.1 Å². The van der Waals surface area contributed by atoms with Crippen LogP contribution in [0.25, 0.3) is 11.1 Å². The molecule has 0 saturated carbocycles. The summed E-state index contributed by atoms with van der Waals surface area (Å²) in [6, 6.07) is 17.6. The summed E-state index contributed by atoms with van der Waals surface area (Å²) in [4.78, 5) is 38.2. The molecule has 0 radical (unpaired) electrons. The second-order valence-corrected chi connectivity index (χ2v) is 8.67. The van der Waals surface area contributed by atoms with Crippen molar-refractivity contribution >= 4 is 52.5 Å². The van der Waals surface area contributed by atoms with Crippen LogP contribution < -0.4 is 10.6 Å². The monoisotopic (exact) mass is 497 g/mol. The Labute approximate surface area is 206 Å². The fourth-order valence-corrected chi connectivity index (χ4v) is 4.13. The topological polar surface area (TPSA) is 98.7 Å². The van der Waals surface area contributed by atoms with Gasteiger partial charge in [0.2, 0.25) is 5.91 Å². The van der Waals surface area contributed by atoms with Crippen molar-refractivity contribution in [2.75, 3.05) is 17.2 Å². The Morgan fingerprint density at radius 3 is 2.06 bits per heavy atom. The number of aromatic carboxylic acids is 1. The molecular formula is C25H21Cl2N3O4. The van der Waals surface area contributed by atoms with E-state index in [4.69, 9.17) is 28.3 Å². The number of carbonyl (C=O) groups excluding carboxylic acids is 2. The minimum absolute atomic E-state index is 0.219. The minimum atomic E-state index is -0.976. The summed E-state index contributed by atoms with van der Waals surface area (Å²) in [5.41, 5.74) is 3.07. The van der Waals surface area contributed by atoms with Crippen molar-refractivity contribution in [2.45, 2.75) is 18.9 Å². The zero-order chi connectivity index (χ0) is 24.2. The van der Waals surface area contributed by atoms with Crippen molar-refractivity contribution in [1.29, 1.82) is 0 Å². The van der Waals surface area contributed by atoms with Crippen LogP contribution in [-0.4, -0.2) is 40.5 Å². The number of carbonyl (C=O) groups is 3. The Hall–Kier alpha value is -3.55. The minimum Gasteiger partial charge on any atom is -0.478 e. The van der Waals surface area contributed by atoms with Gasteiger partial charge in [0, 0.05) is 17.9 Å². The number of urea groups is 1. The fourth-order valence-electron chi connectivity index (χ4n) is 3.83. The molecule has 1 fully saturated rings. The number of hydrogen-bond donors (Lipinski definition) is 3. The molecule has 174 valence electrons. The largest absolute Gasteiger partial charge is 0.478 e. The second kappa shape index (κ2) is 10.2. The number of halogens is 2. The Balaban J connectivity index is 1.39. The first-order valence-corrected chi connectivity index (χ1v) is 11.3. The van der Waals surface area contributed by atoms with Crippen LogP contribution in [0.15, 0.2) is 66.7 Å². The lowest BCUT2D eigenvalue weighted by atomic mass is 10.0. The molecule has 1 saturated heterocycles. The molecule has 1 atom stereocenters. The van der Waals surface area contributed by atoms with Crippen molar-refractivity contribution in [2.24, 2.45) is 0 Å². The Morgan fingerprint density at radius 2 is 1.44 bits per heavy atom. The van der Waals surface area contributed by atoms with E-state index in [2.05, 4.69) is 10.6 Å². The Morgan fingerprint density at radius 1 is 0.824 bits per heavy atom. The average molecular weight is 498 g/mol. The zero-order valence-corrected chi connectivity index (χ0v) is 19.4. The fraction of sp³-hybridized carbons (Fsp3) is 0.160. The molecule has 0 spiro atoms. The third-order valence-electron chi connectivity index (χ3n) is 5.60. The van der Waals surface area contributed by atoms with Crippen molar-refractivity contribution in [3.05, 3.63) is 82.3 Å². The molecule has 1 aliphatic rings. The van der Waals surface area contributed by atoms with Crippen molar-refractivity contribution in [1.82, 2.24) is 4.90 Å². The molecule has 0 aromatic heterocycles. The van der Waals surface area contributed by atoms with E-state index in [1.807, 2.05) is 12.1 Å². The van der Waals surface area contributed by atoms with Gasteiger partial charge in [-0.3, -0.25) is 4.79 Å². The highest BCUT2D eigenvalue weighted by atomic mass is 35.5. The number of nitrogens with zero attached hydrogens (tertiary/aromatic N) is 1. The lowest BCUT2D eigenvalue weighted by Crippen LogP contribution is -2.45. The number of rotatable bonds is 5. The third kappa shape index (κ3) is 5.32. The number of likely N-dealkylation sites (tertiary alicyclic amines) is 1. The molecule has 9 heteroatoms. The van der Waals surface area contributed by atoms with E-state index in [9.17, 15) is 14.4 Å². The van der Waals surface area contributed by atoms with Crippen molar-refractivity contribution in [3.63, 3.8) is 0 Å². The van der Waals surface area contributed by atoms with E-state index in [1.165, 1.54) is 4.90 Å². The summed E-state index contributed by atoms with van der Waals surface area (Å²) < 4.78 is 0. The summed E-state index contributed by atoms with van der Waals surface area (Å²) in [6.45, 7) is 0.469. The predicted molar refractivity (Wildman–Crippen MR) is 133 cm³/mol. The third-order valence-corrected chi connectivity index (χ3v) is 6.34. The molecular weight excluding hydrogens is 477 g/mol. The van der Waals surface area contributed by atoms with E-state index in [1.54, 1.807) is 54.6 Å². The van der Waals surface area contributed by atoms with E-state index in [-0.39, 0.29) is 17.5 Å². The number of carboxylic acid groups (broad SMARTS) is 1. The van der Waals surface area contributed by atoms with Crippen LogP contribution in [-0.2, 0) is 4.79 Å². The summed E-state index contributed by atoms with van der Waals surface area (Å²) in [6.07, 6.45) is 1.28. The van der Waals surface area contributed by atoms with Gasteiger partial charge in [-0.2, -0.15) is 0 Å². The van der Waals surface area contributed by atoms with Crippen LogP contribution in [0, 0.1) is 0 Å². The first-order chi connectivity index (χ1) is 16.3. The molecule has 0 aliphatic carbocycles. The summed E-state index contributed by atoms with van der Waals surface area (Å²) in [5.74, 6) is -1.24. The molecule has 34 heavy (non-hydrogen) atoms. The molecule has 3 aromatic rings. The standard InChI is InChI=1S/C25H21Cl2N3O4/c26-20-12-11-19(14-21(20)27)29-25(34)30-13-1-2-22(30)23(31)28-18-9-7-16(8-10-18)15-3-5-17(6-4-15)24(32)33/h3-12,14,22H,1-2,13H2,(H,28,31)(H,29,34)(H,32,33)/t22-/m1/s1. The van der Waals surface area contributed by atoms with Crippen LogP contribution in [0.2, 0.25) is 10.0 Å². The molecule has 3 aromatic carbocycles. The number of benzene rings is 3. The van der Waals surface area contributed by atoms with E-state index < -0.39 is 12.0 Å². The molecule has 0 unspecified atom stereocenters. The quantitative estimate of drug-likeness (QED) is 0.402. The lowest BCUT2D eigenvalue weighted by molar-refractivity contribution is -0.119. The highest BCUT2D eigenvalue weighted by molar-refractivity contribution is 6.42. The van der Waals surface area contributed by atoms with Gasteiger partial charge in [0.15, 0.2) is 0 Å². The van der Waals surface area contributed by atoms with Gasteiger partial charge in [-0.15, -0.1) is 0 Å². The molecule has 3 amide bonds. The molecule has 1 heterocycles. The van der Waals surface area contributed by atoms with Gasteiger partial charge in [-0.1, -0.05) is 47.5 Å². The Kier molecular flexibility index (Phi) is 7.05. The van der Waals surface area contributed by atoms with Crippen LogP contribution >= 0.6 is 23.2 Å². The van der Waals surface area contributed by atoms with E-state index in [0.717, 1.165) is 17.5 Å². The van der Waals surface area contributed by atoms with Gasteiger partial charge in [0.25, 0.3) is 0 Å². The van der Waals surface area contributed by atoms with E-state index >= 15 is 0 Å². The molecule has 0 bridgehead atoms. The first-order valence-electron chi connectivity index (χ1n) is 10.6. The van der Waals surface area contributed by atoms with Gasteiger partial charge in [-0.25, -0.2) is 9.59 Å². The van der Waals surface area contributed by atoms with Gasteiger partial charge in [-0.05, 0) is 66.4 Å². The molecule has 3 N–H and O–H groups in total. The summed E-state index contributed by atoms with van der Waals surface area (Å²) in [7, 11) is 0. The maximum Gasteiger partial charge on any atom is 0.335 e. The van der Waals surface area contributed by atoms with Gasteiger partial charge >= 0.3 is 12.0 Å². The summed E-state index contributed by atoms with van der Waals surface area (Å²) >= 11 is 11.9. The number of hydrogen-bond acceptors (Lipinski definition) is 3. The predicted octanol–water partition coefficient (Wildman–Crippen LogP) is 5.99. The molecule has 7 nitrogen and oxygen atoms in total. The molecule has 4 rings (SSSR count). The number of nitrogens with one attached hydrogen (secondary N) is 2. The van der Waals surface area contributed by atoms with Gasteiger partial charge < -0.3 is 20.6 Å². The van der Waals surface area contributed by atoms with Crippen molar-refractivity contribution < 1.29 is 19.5 Å². The van der Waals surface area contributed by atoms with Crippen LogP contribution in [0.3, 0.4) is 0 Å². The molecule has 1 aliphatic heterocycles. The zero-order valence-electron chi connectivity index (χ0n) is 17.9. The maximum absolute atomic E-state index is 12.9. The van der Waals surface area contributed by atoms with Gasteiger partial charge in [0.05, 0.1) is 15.6 Å². The Bertz CT molecular complexity index is 1230. The van der Waals surface area contributed by atoms with Gasteiger partial charge in [0.1, 0.15) is 6.04 Å². The maximum atomic E-state index is 12.9. The van der Waals surface area contributed by atoms with Crippen LogP contribution in [0.1, 0.15) is 23.2 Å². The van der Waals surface area contributed by atoms with E-state index in [0.29, 0.717) is 34.4 Å². The average Bonchev–Trinajstić information content (AvgIpc) is 3.32. The number of amides is 3.